The molecule has 3 aliphatic heterocycles. The summed E-state index contributed by atoms with van der Waals surface area (Å²) in [5.74, 6) is -0.406. The minimum absolute atomic E-state index is 0.0780. The van der Waals surface area contributed by atoms with Gasteiger partial charge in [0, 0.05) is 30.3 Å². The molecule has 2 saturated heterocycles. The van der Waals surface area contributed by atoms with Crippen molar-refractivity contribution in [3.63, 3.8) is 0 Å². The molecule has 2 aromatic carbocycles. The van der Waals surface area contributed by atoms with E-state index >= 15 is 4.79 Å². The summed E-state index contributed by atoms with van der Waals surface area (Å²) in [6, 6.07) is 13.3. The van der Waals surface area contributed by atoms with E-state index in [1.54, 1.807) is 29.0 Å². The monoisotopic (exact) mass is 731 g/mol. The summed E-state index contributed by atoms with van der Waals surface area (Å²) >= 11 is 0. The van der Waals surface area contributed by atoms with Crippen LogP contribution in [0.4, 0.5) is 11.4 Å². The minimum Gasteiger partial charge on any atom is -0.497 e. The normalized spacial score (nSPS) is 25.0. The molecule has 0 saturated carbocycles. The summed E-state index contributed by atoms with van der Waals surface area (Å²) in [5.41, 5.74) is 2.67. The van der Waals surface area contributed by atoms with Gasteiger partial charge in [0.25, 0.3) is 11.8 Å². The van der Waals surface area contributed by atoms with Gasteiger partial charge in [-0.25, -0.2) is 0 Å². The Labute approximate surface area is 309 Å². The lowest BCUT2D eigenvalue weighted by Crippen LogP contribution is -2.52. The molecule has 11 heteroatoms. The Morgan fingerprint density at radius 2 is 1.85 bits per heavy atom. The number of hydrogen-bond donors (Lipinski definition) is 3. The number of carbonyl (C=O) groups excluding carboxylic acids is 3. The number of ether oxygens (including phenoxy) is 2. The molecule has 3 heterocycles. The van der Waals surface area contributed by atoms with Gasteiger partial charge in [0.2, 0.25) is 5.91 Å². The largest absolute Gasteiger partial charge is 0.497 e. The van der Waals surface area contributed by atoms with Crippen LogP contribution in [0.5, 0.6) is 5.75 Å². The lowest BCUT2D eigenvalue weighted by atomic mass is 9.82. The van der Waals surface area contributed by atoms with Gasteiger partial charge in [-0.15, -0.1) is 0 Å². The second kappa shape index (κ2) is 16.1. The molecule has 5 rings (SSSR count). The van der Waals surface area contributed by atoms with Gasteiger partial charge in [-0.3, -0.25) is 14.4 Å². The molecule has 0 bridgehead atoms. The maximum atomic E-state index is 15.1. The highest BCUT2D eigenvalue weighted by Crippen LogP contribution is 2.60. The van der Waals surface area contributed by atoms with Crippen LogP contribution < -0.4 is 20.1 Å². The quantitative estimate of drug-likeness (QED) is 0.180. The number of benzene rings is 2. The van der Waals surface area contributed by atoms with Gasteiger partial charge in [0.15, 0.2) is 5.60 Å². The van der Waals surface area contributed by atoms with E-state index in [2.05, 4.69) is 70.4 Å². The first-order valence-corrected chi connectivity index (χ1v) is 21.7. The number of aliphatic hydroxyl groups is 2. The molecule has 0 aliphatic carbocycles. The number of nitrogens with zero attached hydrogens (tertiary/aromatic N) is 2. The van der Waals surface area contributed by atoms with E-state index in [0.717, 1.165) is 36.6 Å². The van der Waals surface area contributed by atoms with Crippen molar-refractivity contribution in [1.82, 2.24) is 4.90 Å². The summed E-state index contributed by atoms with van der Waals surface area (Å²) in [6.07, 6.45) is 5.98. The topological polar surface area (TPSA) is 129 Å². The van der Waals surface area contributed by atoms with Crippen molar-refractivity contribution < 1.29 is 34.1 Å². The highest BCUT2D eigenvalue weighted by atomic mass is 28.3. The molecule has 2 fully saturated rings. The number of anilines is 2. The zero-order valence-corrected chi connectivity index (χ0v) is 33.1. The summed E-state index contributed by atoms with van der Waals surface area (Å²) < 4.78 is 12.6. The number of rotatable bonds is 13. The van der Waals surface area contributed by atoms with Crippen LogP contribution >= 0.6 is 0 Å². The fraction of sp³-hybridized carbons (Fsp3) is 0.537. The van der Waals surface area contributed by atoms with Gasteiger partial charge >= 0.3 is 0 Å². The highest BCUT2D eigenvalue weighted by Gasteiger charge is 2.66. The van der Waals surface area contributed by atoms with Crippen molar-refractivity contribution in [3.05, 3.63) is 71.3 Å². The Hall–Kier alpha value is -3.77. The van der Waals surface area contributed by atoms with Crippen LogP contribution in [-0.4, -0.2) is 86.0 Å². The molecule has 6 atom stereocenters. The van der Waals surface area contributed by atoms with E-state index in [0.29, 0.717) is 30.0 Å². The van der Waals surface area contributed by atoms with Crippen LogP contribution in [0.2, 0.25) is 18.6 Å². The molecule has 3 aliphatic rings. The Balaban J connectivity index is 1.61. The first-order valence-electron chi connectivity index (χ1n) is 18.6. The van der Waals surface area contributed by atoms with Gasteiger partial charge < -0.3 is 34.8 Å². The van der Waals surface area contributed by atoms with Crippen molar-refractivity contribution in [2.24, 2.45) is 5.92 Å². The van der Waals surface area contributed by atoms with Crippen molar-refractivity contribution in [2.75, 3.05) is 37.0 Å². The standard InChI is InChI=1S/C41H57N3O7Si/c1-26(2)11-9-12-27(3)20-22-44-35-19-14-30(42-39(48)29(5)46)23-34(35)41(40(44)49)28(4)38(52(7,8)33-17-15-32(50-6)16-18-33)36(51-41)24-37(47)43-21-10-13-31(43)25-45/h11,14-20,23,28-29,31,36,38,45-46H,9-10,12-13,21-22,24-25H2,1-8H3,(H,42,48)/b27-20+/t28-,29-,31-,36+,38-,41+/m0/s1. The van der Waals surface area contributed by atoms with Crippen LogP contribution in [0.3, 0.4) is 0 Å². The lowest BCUT2D eigenvalue weighted by Gasteiger charge is -2.37. The first-order chi connectivity index (χ1) is 24.6. The fourth-order valence-corrected chi connectivity index (χ4v) is 12.6. The second-order valence-corrected chi connectivity index (χ2v) is 20.3. The third-order valence-electron chi connectivity index (χ3n) is 11.5. The molecule has 2 aromatic rings. The van der Waals surface area contributed by atoms with Crippen LogP contribution in [0, 0.1) is 5.92 Å². The summed E-state index contributed by atoms with van der Waals surface area (Å²) in [4.78, 5) is 45.4. The van der Waals surface area contributed by atoms with E-state index < -0.39 is 31.8 Å². The molecule has 0 aromatic heterocycles. The number of allylic oxidation sites excluding steroid dienone is 3. The zero-order valence-electron chi connectivity index (χ0n) is 32.1. The molecular weight excluding hydrogens is 675 g/mol. The van der Waals surface area contributed by atoms with Gasteiger partial charge in [0.05, 0.1) is 46.0 Å². The third kappa shape index (κ3) is 7.64. The second-order valence-electron chi connectivity index (χ2n) is 15.6. The molecule has 3 amide bonds. The number of likely N-dealkylation sites (tertiary alicyclic amines) is 1. The predicted octanol–water partition coefficient (Wildman–Crippen LogP) is 5.64. The Morgan fingerprint density at radius 3 is 2.48 bits per heavy atom. The summed E-state index contributed by atoms with van der Waals surface area (Å²) in [5, 5.41) is 24.0. The Bertz CT molecular complexity index is 1700. The summed E-state index contributed by atoms with van der Waals surface area (Å²) in [7, 11) is -0.874. The lowest BCUT2D eigenvalue weighted by molar-refractivity contribution is -0.149. The maximum absolute atomic E-state index is 15.1. The van der Waals surface area contributed by atoms with Gasteiger partial charge in [-0.2, -0.15) is 0 Å². The van der Waals surface area contributed by atoms with E-state index in [-0.39, 0.29) is 42.3 Å². The number of nitrogens with one attached hydrogen (secondary N) is 1. The Morgan fingerprint density at radius 1 is 1.13 bits per heavy atom. The predicted molar refractivity (Wildman–Crippen MR) is 208 cm³/mol. The number of amides is 3. The average Bonchev–Trinajstić information content (AvgIpc) is 3.77. The number of aliphatic hydroxyl groups excluding tert-OH is 2. The first kappa shape index (κ1) is 39.4. The number of methoxy groups -OCH3 is 1. The van der Waals surface area contributed by atoms with E-state index in [9.17, 15) is 19.8 Å². The fourth-order valence-electron chi connectivity index (χ4n) is 8.60. The van der Waals surface area contributed by atoms with Crippen molar-refractivity contribution in [1.29, 1.82) is 0 Å². The molecule has 0 unspecified atom stereocenters. The maximum Gasteiger partial charge on any atom is 0.264 e. The molecule has 10 nitrogen and oxygen atoms in total. The van der Waals surface area contributed by atoms with E-state index in [1.807, 2.05) is 18.2 Å². The minimum atomic E-state index is -2.51. The van der Waals surface area contributed by atoms with Crippen molar-refractivity contribution in [3.8, 4) is 5.75 Å². The van der Waals surface area contributed by atoms with Crippen LogP contribution in [0.1, 0.15) is 72.3 Å². The molecule has 0 radical (unpaired) electrons. The van der Waals surface area contributed by atoms with Gasteiger partial charge in [-0.1, -0.05) is 60.6 Å². The van der Waals surface area contributed by atoms with Gasteiger partial charge in [-0.05, 0) is 89.3 Å². The average molecular weight is 732 g/mol. The van der Waals surface area contributed by atoms with Crippen LogP contribution in [0.25, 0.3) is 0 Å². The van der Waals surface area contributed by atoms with Crippen LogP contribution in [-0.2, 0) is 24.7 Å². The SMILES string of the molecule is COc1ccc([Si](C)(C)[C@@H]2[C@@H](CC(=O)N3CCC[C@H]3CO)O[C@]3(C(=O)N(C/C=C(\C)CCC=C(C)C)c4ccc(NC(=O)[C@H](C)O)cc43)[C@H]2C)cc1. The molecule has 3 N–H and O–H groups in total. The van der Waals surface area contributed by atoms with Crippen molar-refractivity contribution in [2.45, 2.75) is 109 Å². The number of carbonyl (C=O) groups is 3. The zero-order chi connectivity index (χ0) is 38.0. The Kier molecular flexibility index (Phi) is 12.2. The third-order valence-corrected chi connectivity index (χ3v) is 15.8. The van der Waals surface area contributed by atoms with Crippen molar-refractivity contribution >= 4 is 42.4 Å². The van der Waals surface area contributed by atoms with E-state index in [1.165, 1.54) is 18.1 Å². The van der Waals surface area contributed by atoms with E-state index in [4.69, 9.17) is 9.47 Å². The highest BCUT2D eigenvalue weighted by molar-refractivity contribution is 6.91. The smallest absolute Gasteiger partial charge is 0.264 e. The van der Waals surface area contributed by atoms with Crippen LogP contribution in [0.15, 0.2) is 65.8 Å². The molecular formula is C41H57N3O7Si. The van der Waals surface area contributed by atoms with Gasteiger partial charge in [0.1, 0.15) is 11.9 Å². The molecule has 282 valence electrons. The number of fused-ring (bicyclic) bond motifs is 2. The number of hydrogen-bond acceptors (Lipinski definition) is 7. The molecule has 52 heavy (non-hydrogen) atoms. The molecule has 1 spiro atoms. The summed E-state index contributed by atoms with van der Waals surface area (Å²) in [6.45, 7) is 15.1.